The molecule has 8 heteroatoms. The van der Waals surface area contributed by atoms with Crippen LogP contribution in [0, 0.1) is 0 Å². The van der Waals surface area contributed by atoms with Gasteiger partial charge in [0.25, 0.3) is 5.91 Å². The summed E-state index contributed by atoms with van der Waals surface area (Å²) >= 11 is 5.90. The van der Waals surface area contributed by atoms with Crippen LogP contribution in [0.25, 0.3) is 0 Å². The van der Waals surface area contributed by atoms with Crippen LogP contribution in [-0.2, 0) is 20.3 Å². The number of carbonyl (C=O) groups is 1. The average Bonchev–Trinajstić information content (AvgIpc) is 3.20. The van der Waals surface area contributed by atoms with Gasteiger partial charge in [-0.05, 0) is 30.3 Å². The molecule has 0 saturated carbocycles. The van der Waals surface area contributed by atoms with Crippen LogP contribution in [0.5, 0.6) is 5.75 Å². The van der Waals surface area contributed by atoms with Crippen molar-refractivity contribution in [2.45, 2.75) is 13.3 Å². The lowest BCUT2D eigenvalue weighted by Gasteiger charge is -2.06. The van der Waals surface area contributed by atoms with Crippen LogP contribution < -0.4 is 10.1 Å². The zero-order chi connectivity index (χ0) is 16.9. The molecule has 1 aromatic carbocycles. The molecule has 2 heterocycles. The molecule has 0 atom stereocenters. The van der Waals surface area contributed by atoms with E-state index < -0.39 is 0 Å². The summed E-state index contributed by atoms with van der Waals surface area (Å²) in [6.45, 7) is 0.541. The Kier molecular flexibility index (Phi) is 4.81. The van der Waals surface area contributed by atoms with Gasteiger partial charge in [0.1, 0.15) is 11.4 Å². The fourth-order valence-electron chi connectivity index (χ4n) is 2.07. The summed E-state index contributed by atoms with van der Waals surface area (Å²) in [5.74, 6) is 0.376. The first-order valence-corrected chi connectivity index (χ1v) is 7.66. The minimum absolute atomic E-state index is 0.188. The second kappa shape index (κ2) is 7.18. The fourth-order valence-corrected chi connectivity index (χ4v) is 2.25. The molecule has 0 aliphatic rings. The number of carbonyl (C=O) groups excluding carboxylic acids is 1. The first kappa shape index (κ1) is 16.1. The molecule has 0 radical (unpaired) electrons. The third kappa shape index (κ3) is 4.14. The number of halogens is 1. The van der Waals surface area contributed by atoms with Gasteiger partial charge in [0.2, 0.25) is 0 Å². The van der Waals surface area contributed by atoms with E-state index in [9.17, 15) is 4.79 Å². The van der Waals surface area contributed by atoms with Crippen molar-refractivity contribution >= 4 is 17.5 Å². The Morgan fingerprint density at radius 3 is 2.88 bits per heavy atom. The number of nitrogens with one attached hydrogen (secondary N) is 1. The minimum Gasteiger partial charge on any atom is -0.471 e. The van der Waals surface area contributed by atoms with Gasteiger partial charge in [-0.2, -0.15) is 10.2 Å². The van der Waals surface area contributed by atoms with Crippen molar-refractivity contribution in [3.05, 3.63) is 65.2 Å². The molecule has 0 bridgehead atoms. The number of nitrogens with zero attached hydrogens (tertiary/aromatic N) is 4. The first-order chi connectivity index (χ1) is 11.6. The third-order valence-corrected chi connectivity index (χ3v) is 3.47. The van der Waals surface area contributed by atoms with Crippen LogP contribution in [0.15, 0.2) is 48.8 Å². The highest BCUT2D eigenvalue weighted by Gasteiger charge is 2.10. The fraction of sp³-hybridized carbons (Fsp3) is 0.188. The van der Waals surface area contributed by atoms with Gasteiger partial charge in [-0.1, -0.05) is 17.7 Å². The zero-order valence-electron chi connectivity index (χ0n) is 13.0. The number of aromatic nitrogens is 4. The number of aryl methyl sites for hydroxylation is 1. The molecular weight excluding hydrogens is 330 g/mol. The highest BCUT2D eigenvalue weighted by molar-refractivity contribution is 6.30. The van der Waals surface area contributed by atoms with E-state index in [0.717, 1.165) is 5.69 Å². The summed E-state index contributed by atoms with van der Waals surface area (Å²) in [5.41, 5.74) is 1.11. The van der Waals surface area contributed by atoms with Crippen LogP contribution in [-0.4, -0.2) is 25.5 Å². The van der Waals surface area contributed by atoms with Crippen molar-refractivity contribution in [2.24, 2.45) is 7.05 Å². The van der Waals surface area contributed by atoms with Crippen LogP contribution >= 0.6 is 11.6 Å². The van der Waals surface area contributed by atoms with Gasteiger partial charge >= 0.3 is 0 Å². The second-order valence-corrected chi connectivity index (χ2v) is 5.57. The van der Waals surface area contributed by atoms with E-state index in [1.54, 1.807) is 41.2 Å². The molecule has 2 aromatic heterocycles. The Hall–Kier alpha value is -2.80. The van der Waals surface area contributed by atoms with Crippen LogP contribution in [0.1, 0.15) is 16.2 Å². The summed E-state index contributed by atoms with van der Waals surface area (Å²) in [6, 6.07) is 10.6. The van der Waals surface area contributed by atoms with Crippen LogP contribution in [0.3, 0.4) is 0 Å². The first-order valence-electron chi connectivity index (χ1n) is 7.29. The van der Waals surface area contributed by atoms with Gasteiger partial charge in [0.05, 0.1) is 12.2 Å². The maximum absolute atomic E-state index is 12.1. The third-order valence-electron chi connectivity index (χ3n) is 3.23. The van der Waals surface area contributed by atoms with Crippen molar-refractivity contribution in [3.8, 4) is 5.75 Å². The van der Waals surface area contributed by atoms with Crippen LogP contribution in [0.2, 0.25) is 5.02 Å². The van der Waals surface area contributed by atoms with Gasteiger partial charge in [-0.25, -0.2) is 4.68 Å². The van der Waals surface area contributed by atoms with Gasteiger partial charge in [0.15, 0.2) is 6.73 Å². The van der Waals surface area contributed by atoms with E-state index in [2.05, 4.69) is 15.5 Å². The molecular formula is C16H16ClN5O2. The van der Waals surface area contributed by atoms with E-state index >= 15 is 0 Å². The number of amides is 1. The SMILES string of the molecule is Cn1ccc(CNC(=O)c2ccn(COc3cccc(Cl)c3)n2)n1. The Bertz CT molecular complexity index is 842. The van der Waals surface area contributed by atoms with Gasteiger partial charge in [-0.15, -0.1) is 0 Å². The van der Waals surface area contributed by atoms with E-state index in [4.69, 9.17) is 16.3 Å². The normalized spacial score (nSPS) is 10.6. The molecule has 0 saturated heterocycles. The van der Waals surface area contributed by atoms with Crippen molar-refractivity contribution in [1.82, 2.24) is 24.9 Å². The lowest BCUT2D eigenvalue weighted by Crippen LogP contribution is -2.24. The molecule has 7 nitrogen and oxygen atoms in total. The molecule has 0 aliphatic carbocycles. The summed E-state index contributed by atoms with van der Waals surface area (Å²) in [6.07, 6.45) is 3.50. The Morgan fingerprint density at radius 1 is 1.25 bits per heavy atom. The van der Waals surface area contributed by atoms with Crippen LogP contribution in [0.4, 0.5) is 0 Å². The van der Waals surface area contributed by atoms with E-state index in [0.29, 0.717) is 23.0 Å². The monoisotopic (exact) mass is 345 g/mol. The number of rotatable bonds is 6. The van der Waals surface area contributed by atoms with Crippen molar-refractivity contribution in [2.75, 3.05) is 0 Å². The van der Waals surface area contributed by atoms with Crippen molar-refractivity contribution < 1.29 is 9.53 Å². The quantitative estimate of drug-likeness (QED) is 0.743. The molecule has 1 N–H and O–H groups in total. The highest BCUT2D eigenvalue weighted by atomic mass is 35.5. The van der Waals surface area contributed by atoms with Gasteiger partial charge in [0, 0.05) is 24.5 Å². The molecule has 1 amide bonds. The van der Waals surface area contributed by atoms with Crippen molar-refractivity contribution in [3.63, 3.8) is 0 Å². The zero-order valence-corrected chi connectivity index (χ0v) is 13.8. The van der Waals surface area contributed by atoms with E-state index in [-0.39, 0.29) is 12.6 Å². The standard InChI is InChI=1S/C16H16ClN5O2/c1-21-7-5-13(19-21)10-18-16(23)15-6-8-22(20-15)11-24-14-4-2-3-12(17)9-14/h2-9H,10-11H2,1H3,(H,18,23). The molecule has 24 heavy (non-hydrogen) atoms. The average molecular weight is 346 g/mol. The highest BCUT2D eigenvalue weighted by Crippen LogP contribution is 2.17. The summed E-state index contributed by atoms with van der Waals surface area (Å²) in [5, 5.41) is 11.8. The molecule has 0 aliphatic heterocycles. The largest absolute Gasteiger partial charge is 0.471 e. The Morgan fingerprint density at radius 2 is 2.12 bits per heavy atom. The predicted molar refractivity (Wildman–Crippen MR) is 88.7 cm³/mol. The lowest BCUT2D eigenvalue weighted by molar-refractivity contribution is 0.0943. The molecule has 3 aromatic rings. The maximum Gasteiger partial charge on any atom is 0.272 e. The molecule has 3 rings (SSSR count). The van der Waals surface area contributed by atoms with Crippen molar-refractivity contribution in [1.29, 1.82) is 0 Å². The van der Waals surface area contributed by atoms with Gasteiger partial charge in [-0.3, -0.25) is 9.48 Å². The molecule has 124 valence electrons. The number of ether oxygens (including phenoxy) is 1. The Labute approximate surface area is 143 Å². The van der Waals surface area contributed by atoms with E-state index in [1.807, 2.05) is 19.3 Å². The Balaban J connectivity index is 1.53. The minimum atomic E-state index is -0.262. The molecule has 0 spiro atoms. The smallest absolute Gasteiger partial charge is 0.272 e. The van der Waals surface area contributed by atoms with Gasteiger partial charge < -0.3 is 10.1 Å². The summed E-state index contributed by atoms with van der Waals surface area (Å²) in [7, 11) is 1.83. The molecule has 0 unspecified atom stereocenters. The van der Waals surface area contributed by atoms with E-state index in [1.165, 1.54) is 4.68 Å². The summed E-state index contributed by atoms with van der Waals surface area (Å²) in [4.78, 5) is 12.1. The number of hydrogen-bond donors (Lipinski definition) is 1. The number of hydrogen-bond acceptors (Lipinski definition) is 4. The predicted octanol–water partition coefficient (Wildman–Crippen LogP) is 2.24. The summed E-state index contributed by atoms with van der Waals surface area (Å²) < 4.78 is 8.79. The topological polar surface area (TPSA) is 74.0 Å². The maximum atomic E-state index is 12.1. The second-order valence-electron chi connectivity index (χ2n) is 5.13. The molecule has 0 fully saturated rings. The lowest BCUT2D eigenvalue weighted by atomic mass is 10.3. The number of benzene rings is 1.